The third-order valence-electron chi connectivity index (χ3n) is 3.22. The van der Waals surface area contributed by atoms with Gasteiger partial charge in [-0.25, -0.2) is 0 Å². The molecule has 1 aromatic carbocycles. The van der Waals surface area contributed by atoms with E-state index in [4.69, 9.17) is 4.74 Å². The molecule has 0 amide bonds. The Balaban J connectivity index is 2.02. The lowest BCUT2D eigenvalue weighted by atomic mass is 10.2. The summed E-state index contributed by atoms with van der Waals surface area (Å²) in [5.74, 6) is 1.06. The summed E-state index contributed by atoms with van der Waals surface area (Å²) < 4.78 is 5.49. The number of hydrogen-bond donors (Lipinski definition) is 1. The van der Waals surface area contributed by atoms with E-state index in [1.165, 1.54) is 10.6 Å². The fraction of sp³-hybridized carbons (Fsp3) is 0.600. The summed E-state index contributed by atoms with van der Waals surface area (Å²) in [6.07, 6.45) is -0.280. The molecular formula is C15H23NO2S. The SMILES string of the molecule is CC(C)OCC(O)CN1c2ccccc2SCC1C. The summed E-state index contributed by atoms with van der Waals surface area (Å²) in [6.45, 7) is 7.21. The van der Waals surface area contributed by atoms with Crippen LogP contribution in [0.2, 0.25) is 0 Å². The van der Waals surface area contributed by atoms with Gasteiger partial charge in [-0.15, -0.1) is 11.8 Å². The zero-order valence-corrected chi connectivity index (χ0v) is 12.7. The molecule has 1 N–H and O–H groups in total. The molecule has 2 atom stereocenters. The maximum Gasteiger partial charge on any atom is 0.0948 e. The van der Waals surface area contributed by atoms with Crippen molar-refractivity contribution in [3.8, 4) is 0 Å². The van der Waals surface area contributed by atoms with Crippen LogP contribution in [0.5, 0.6) is 0 Å². The van der Waals surface area contributed by atoms with E-state index in [9.17, 15) is 5.11 Å². The average molecular weight is 281 g/mol. The number of aliphatic hydroxyl groups is 1. The quantitative estimate of drug-likeness (QED) is 0.899. The lowest BCUT2D eigenvalue weighted by Gasteiger charge is -2.37. The minimum Gasteiger partial charge on any atom is -0.389 e. The third kappa shape index (κ3) is 3.88. The van der Waals surface area contributed by atoms with E-state index in [1.807, 2.05) is 25.6 Å². The van der Waals surface area contributed by atoms with Crippen molar-refractivity contribution in [1.29, 1.82) is 0 Å². The van der Waals surface area contributed by atoms with Crippen molar-refractivity contribution >= 4 is 17.4 Å². The minimum absolute atomic E-state index is 0.163. The molecule has 106 valence electrons. The summed E-state index contributed by atoms with van der Waals surface area (Å²) in [4.78, 5) is 3.60. The maximum absolute atomic E-state index is 10.1. The number of hydrogen-bond acceptors (Lipinski definition) is 4. The Kier molecular flexibility index (Phi) is 5.13. The van der Waals surface area contributed by atoms with E-state index in [0.717, 1.165) is 5.75 Å². The monoisotopic (exact) mass is 281 g/mol. The molecule has 1 aliphatic rings. The summed E-state index contributed by atoms with van der Waals surface area (Å²) in [5.41, 5.74) is 1.23. The van der Waals surface area contributed by atoms with E-state index in [0.29, 0.717) is 19.2 Å². The standard InChI is InChI=1S/C15H23NO2S/c1-11(2)18-9-13(17)8-16-12(3)10-19-15-7-5-4-6-14(15)16/h4-7,11-13,17H,8-10H2,1-3H3. The Morgan fingerprint density at radius 2 is 2.16 bits per heavy atom. The zero-order valence-electron chi connectivity index (χ0n) is 11.9. The number of anilines is 1. The number of rotatable bonds is 5. The van der Waals surface area contributed by atoms with Crippen LogP contribution < -0.4 is 4.90 Å². The number of ether oxygens (including phenoxy) is 1. The first kappa shape index (κ1) is 14.7. The largest absolute Gasteiger partial charge is 0.389 e. The van der Waals surface area contributed by atoms with Crippen molar-refractivity contribution in [2.45, 2.75) is 43.9 Å². The van der Waals surface area contributed by atoms with Crippen LogP contribution in [0.1, 0.15) is 20.8 Å². The fourth-order valence-corrected chi connectivity index (χ4v) is 3.32. The first-order chi connectivity index (χ1) is 9.08. The highest BCUT2D eigenvalue weighted by molar-refractivity contribution is 7.99. The molecule has 0 aromatic heterocycles. The van der Waals surface area contributed by atoms with Gasteiger partial charge in [0.2, 0.25) is 0 Å². The highest BCUT2D eigenvalue weighted by Gasteiger charge is 2.25. The van der Waals surface area contributed by atoms with Crippen LogP contribution >= 0.6 is 11.8 Å². The van der Waals surface area contributed by atoms with E-state index < -0.39 is 6.10 Å². The molecule has 0 radical (unpaired) electrons. The zero-order chi connectivity index (χ0) is 13.8. The number of fused-ring (bicyclic) bond motifs is 1. The Morgan fingerprint density at radius 3 is 2.89 bits per heavy atom. The van der Waals surface area contributed by atoms with Gasteiger partial charge < -0.3 is 14.7 Å². The van der Waals surface area contributed by atoms with Crippen LogP contribution in [0.4, 0.5) is 5.69 Å². The van der Waals surface area contributed by atoms with Crippen molar-refractivity contribution < 1.29 is 9.84 Å². The summed E-state index contributed by atoms with van der Waals surface area (Å²) >= 11 is 1.89. The molecule has 19 heavy (non-hydrogen) atoms. The number of nitrogens with zero attached hydrogens (tertiary/aromatic N) is 1. The number of thioether (sulfide) groups is 1. The first-order valence-electron chi connectivity index (χ1n) is 6.86. The van der Waals surface area contributed by atoms with Crippen LogP contribution in [0, 0.1) is 0 Å². The van der Waals surface area contributed by atoms with Gasteiger partial charge in [0, 0.05) is 23.2 Å². The maximum atomic E-state index is 10.1. The lowest BCUT2D eigenvalue weighted by Crippen LogP contribution is -2.44. The number of β-amino-alcohol motifs (C(OH)–C–C–N with tert-alkyl or cyclic N) is 1. The van der Waals surface area contributed by atoms with Crippen molar-refractivity contribution in [2.75, 3.05) is 23.8 Å². The number of para-hydroxylation sites is 1. The van der Waals surface area contributed by atoms with Crippen LogP contribution in [0.25, 0.3) is 0 Å². The molecule has 3 nitrogen and oxygen atoms in total. The summed E-state index contributed by atoms with van der Waals surface area (Å²) in [7, 11) is 0. The van der Waals surface area contributed by atoms with Gasteiger partial charge in [-0.2, -0.15) is 0 Å². The lowest BCUT2D eigenvalue weighted by molar-refractivity contribution is 0.00844. The van der Waals surface area contributed by atoms with Crippen LogP contribution in [-0.4, -0.2) is 42.3 Å². The molecule has 1 heterocycles. The Hall–Kier alpha value is -0.710. The average Bonchev–Trinajstić information content (AvgIpc) is 2.40. The molecule has 0 fully saturated rings. The Morgan fingerprint density at radius 1 is 1.42 bits per heavy atom. The highest BCUT2D eigenvalue weighted by Crippen LogP contribution is 2.37. The molecular weight excluding hydrogens is 258 g/mol. The van der Waals surface area contributed by atoms with Crippen LogP contribution in [0.3, 0.4) is 0 Å². The van der Waals surface area contributed by atoms with Gasteiger partial charge in [0.1, 0.15) is 0 Å². The summed E-state index contributed by atoms with van der Waals surface area (Å²) in [6, 6.07) is 8.84. The molecule has 0 saturated heterocycles. The number of aliphatic hydroxyl groups excluding tert-OH is 1. The Bertz CT molecular complexity index is 411. The smallest absolute Gasteiger partial charge is 0.0948 e. The predicted octanol–water partition coefficient (Wildman–Crippen LogP) is 2.77. The van der Waals surface area contributed by atoms with Crippen molar-refractivity contribution in [1.82, 2.24) is 0 Å². The minimum atomic E-state index is -0.444. The summed E-state index contributed by atoms with van der Waals surface area (Å²) in [5, 5.41) is 10.1. The van der Waals surface area contributed by atoms with Gasteiger partial charge in [-0.3, -0.25) is 0 Å². The van der Waals surface area contributed by atoms with Gasteiger partial charge >= 0.3 is 0 Å². The van der Waals surface area contributed by atoms with Crippen LogP contribution in [-0.2, 0) is 4.74 Å². The van der Waals surface area contributed by atoms with E-state index in [-0.39, 0.29) is 6.10 Å². The number of benzene rings is 1. The molecule has 0 aliphatic carbocycles. The molecule has 0 bridgehead atoms. The second-order valence-electron chi connectivity index (χ2n) is 5.32. The predicted molar refractivity (Wildman–Crippen MR) is 81.1 cm³/mol. The van der Waals surface area contributed by atoms with Gasteiger partial charge in [-0.05, 0) is 32.9 Å². The van der Waals surface area contributed by atoms with Gasteiger partial charge in [0.05, 0.1) is 24.5 Å². The molecule has 0 saturated carbocycles. The van der Waals surface area contributed by atoms with Crippen molar-refractivity contribution in [3.63, 3.8) is 0 Å². The van der Waals surface area contributed by atoms with E-state index in [2.05, 4.69) is 36.1 Å². The normalized spacial score (nSPS) is 20.5. The molecule has 4 heteroatoms. The topological polar surface area (TPSA) is 32.7 Å². The molecule has 2 unspecified atom stereocenters. The fourth-order valence-electron chi connectivity index (χ4n) is 2.22. The third-order valence-corrected chi connectivity index (χ3v) is 4.52. The molecule has 2 rings (SSSR count). The first-order valence-corrected chi connectivity index (χ1v) is 7.84. The van der Waals surface area contributed by atoms with Crippen LogP contribution in [0.15, 0.2) is 29.2 Å². The van der Waals surface area contributed by atoms with Crippen molar-refractivity contribution in [2.24, 2.45) is 0 Å². The van der Waals surface area contributed by atoms with E-state index >= 15 is 0 Å². The van der Waals surface area contributed by atoms with Crippen molar-refractivity contribution in [3.05, 3.63) is 24.3 Å². The van der Waals surface area contributed by atoms with E-state index in [1.54, 1.807) is 0 Å². The van der Waals surface area contributed by atoms with Gasteiger partial charge in [-0.1, -0.05) is 12.1 Å². The van der Waals surface area contributed by atoms with Gasteiger partial charge in [0.25, 0.3) is 0 Å². The molecule has 1 aromatic rings. The molecule has 0 spiro atoms. The Labute approximate surface area is 120 Å². The molecule has 1 aliphatic heterocycles. The second-order valence-corrected chi connectivity index (χ2v) is 6.38. The van der Waals surface area contributed by atoms with Gasteiger partial charge in [0.15, 0.2) is 0 Å². The second kappa shape index (κ2) is 6.64. The highest BCUT2D eigenvalue weighted by atomic mass is 32.2.